The molecule has 9 heteroatoms. The molecule has 1 amide bonds. The van der Waals surface area contributed by atoms with Gasteiger partial charge in [0.1, 0.15) is 0 Å². The van der Waals surface area contributed by atoms with Crippen LogP contribution in [0.4, 0.5) is 5.95 Å². The molecule has 2 N–H and O–H groups in total. The van der Waals surface area contributed by atoms with Crippen LogP contribution >= 0.6 is 0 Å². The highest BCUT2D eigenvalue weighted by molar-refractivity contribution is 7.91. The van der Waals surface area contributed by atoms with E-state index in [1.807, 2.05) is 41.1 Å². The summed E-state index contributed by atoms with van der Waals surface area (Å²) >= 11 is 0. The van der Waals surface area contributed by atoms with Crippen LogP contribution in [-0.4, -0.2) is 67.4 Å². The zero-order valence-corrected chi connectivity index (χ0v) is 16.0. The van der Waals surface area contributed by atoms with E-state index in [1.165, 1.54) is 0 Å². The molecule has 1 aliphatic heterocycles. The molecule has 2 heterocycles. The second-order valence-electron chi connectivity index (χ2n) is 6.75. The molecule has 8 nitrogen and oxygen atoms in total. The fraction of sp³-hybridized carbons (Fsp3) is 0.389. The van der Waals surface area contributed by atoms with Gasteiger partial charge in [0.2, 0.25) is 11.9 Å². The van der Waals surface area contributed by atoms with Crippen molar-refractivity contribution in [1.82, 2.24) is 14.9 Å². The number of hydrogen-bond acceptors (Lipinski definition) is 7. The van der Waals surface area contributed by atoms with Crippen LogP contribution in [0.3, 0.4) is 0 Å². The first-order valence-corrected chi connectivity index (χ1v) is 10.5. The second kappa shape index (κ2) is 8.01. The van der Waals surface area contributed by atoms with Crippen LogP contribution in [0.15, 0.2) is 36.7 Å². The lowest BCUT2D eigenvalue weighted by atomic mass is 10.1. The Morgan fingerprint density at radius 2 is 1.85 bits per heavy atom. The van der Waals surface area contributed by atoms with Gasteiger partial charge in [-0.3, -0.25) is 9.69 Å². The third-order valence-electron chi connectivity index (χ3n) is 4.40. The van der Waals surface area contributed by atoms with Crippen molar-refractivity contribution in [2.75, 3.05) is 43.1 Å². The zero-order chi connectivity index (χ0) is 19.4. The number of nitrogens with two attached hydrogens (primary N) is 1. The molecule has 1 saturated heterocycles. The Morgan fingerprint density at radius 1 is 1.19 bits per heavy atom. The number of likely N-dealkylation sites (N-methyl/N-ethyl adjacent to an activating group) is 1. The van der Waals surface area contributed by atoms with Crippen LogP contribution in [0.2, 0.25) is 0 Å². The Morgan fingerprint density at radius 3 is 2.48 bits per heavy atom. The van der Waals surface area contributed by atoms with Gasteiger partial charge in [-0.2, -0.15) is 0 Å². The maximum Gasteiger partial charge on any atom is 0.231 e. The molecule has 0 aliphatic carbocycles. The monoisotopic (exact) mass is 389 g/mol. The first kappa shape index (κ1) is 19.2. The number of anilines is 1. The number of primary amides is 1. The van der Waals surface area contributed by atoms with Gasteiger partial charge in [-0.1, -0.05) is 18.2 Å². The molecule has 0 saturated carbocycles. The molecule has 27 heavy (non-hydrogen) atoms. The highest BCUT2D eigenvalue weighted by Gasteiger charge is 2.23. The van der Waals surface area contributed by atoms with Crippen molar-refractivity contribution >= 4 is 21.7 Å². The Bertz CT molecular complexity index is 901. The average Bonchev–Trinajstić information content (AvgIpc) is 2.61. The Balaban J connectivity index is 1.70. The molecular formula is C18H23N5O3S. The molecule has 0 atom stereocenters. The molecule has 0 radical (unpaired) electrons. The predicted molar refractivity (Wildman–Crippen MR) is 104 cm³/mol. The van der Waals surface area contributed by atoms with Crippen LogP contribution < -0.4 is 10.6 Å². The van der Waals surface area contributed by atoms with Crippen LogP contribution in [0.25, 0.3) is 11.1 Å². The van der Waals surface area contributed by atoms with Crippen molar-refractivity contribution in [3.63, 3.8) is 0 Å². The Hall–Kier alpha value is -2.52. The number of amides is 1. The first-order chi connectivity index (χ1) is 12.8. The van der Waals surface area contributed by atoms with Gasteiger partial charge in [-0.15, -0.1) is 0 Å². The van der Waals surface area contributed by atoms with E-state index in [2.05, 4.69) is 9.97 Å². The van der Waals surface area contributed by atoms with Crippen LogP contribution in [0.5, 0.6) is 0 Å². The molecule has 3 rings (SSSR count). The number of benzene rings is 1. The summed E-state index contributed by atoms with van der Waals surface area (Å²) in [6, 6.07) is 7.95. The molecule has 1 fully saturated rings. The summed E-state index contributed by atoms with van der Waals surface area (Å²) in [5.74, 6) is 0.465. The molecule has 144 valence electrons. The van der Waals surface area contributed by atoms with E-state index in [-0.39, 0.29) is 24.0 Å². The molecule has 0 unspecified atom stereocenters. The minimum Gasteiger partial charge on any atom is -0.369 e. The SMILES string of the molecule is CN(CC(N)=O)Cc1cccc(-c2cnc(N3CCS(=O)(=O)CC3)nc2)c1. The number of hydrogen-bond donors (Lipinski definition) is 1. The maximum atomic E-state index is 11.5. The minimum atomic E-state index is -2.93. The van der Waals surface area contributed by atoms with E-state index in [9.17, 15) is 13.2 Å². The van der Waals surface area contributed by atoms with E-state index in [1.54, 1.807) is 12.4 Å². The van der Waals surface area contributed by atoms with Crippen molar-refractivity contribution in [1.29, 1.82) is 0 Å². The van der Waals surface area contributed by atoms with Gasteiger partial charge in [-0.05, 0) is 24.2 Å². The summed E-state index contributed by atoms with van der Waals surface area (Å²) in [5, 5.41) is 0. The number of carbonyl (C=O) groups excluding carboxylic acids is 1. The number of rotatable bonds is 6. The second-order valence-corrected chi connectivity index (χ2v) is 9.05. The van der Waals surface area contributed by atoms with Crippen LogP contribution in [0.1, 0.15) is 5.56 Å². The van der Waals surface area contributed by atoms with Crippen molar-refractivity contribution in [3.8, 4) is 11.1 Å². The summed E-state index contributed by atoms with van der Waals surface area (Å²) < 4.78 is 23.1. The van der Waals surface area contributed by atoms with Gasteiger partial charge >= 0.3 is 0 Å². The van der Waals surface area contributed by atoms with Gasteiger partial charge in [-0.25, -0.2) is 18.4 Å². The lowest BCUT2D eigenvalue weighted by Gasteiger charge is -2.26. The topological polar surface area (TPSA) is 109 Å². The summed E-state index contributed by atoms with van der Waals surface area (Å²) in [7, 11) is -1.09. The summed E-state index contributed by atoms with van der Waals surface area (Å²) in [5.41, 5.74) is 8.14. The van der Waals surface area contributed by atoms with E-state index in [0.717, 1.165) is 16.7 Å². The first-order valence-electron chi connectivity index (χ1n) is 8.66. The molecular weight excluding hydrogens is 366 g/mol. The van der Waals surface area contributed by atoms with Gasteiger partial charge in [0.25, 0.3) is 0 Å². The van der Waals surface area contributed by atoms with Crippen molar-refractivity contribution in [2.45, 2.75) is 6.54 Å². The standard InChI is InChI=1S/C18H23N5O3S/c1-22(13-17(19)24)12-14-3-2-4-15(9-14)16-10-20-18(21-11-16)23-5-7-27(25,26)8-6-23/h2-4,9-11H,5-8,12-13H2,1H3,(H2,19,24). The fourth-order valence-electron chi connectivity index (χ4n) is 3.03. The Labute approximate surface area is 158 Å². The number of aromatic nitrogens is 2. The quantitative estimate of drug-likeness (QED) is 0.756. The molecule has 0 spiro atoms. The van der Waals surface area contributed by atoms with Crippen LogP contribution in [-0.2, 0) is 21.2 Å². The zero-order valence-electron chi connectivity index (χ0n) is 15.2. The smallest absolute Gasteiger partial charge is 0.231 e. The maximum absolute atomic E-state index is 11.5. The molecule has 1 aromatic heterocycles. The third-order valence-corrected chi connectivity index (χ3v) is 6.01. The molecule has 1 aromatic carbocycles. The predicted octanol–water partition coefficient (Wildman–Crippen LogP) is 0.296. The largest absolute Gasteiger partial charge is 0.369 e. The van der Waals surface area contributed by atoms with Crippen molar-refractivity contribution in [2.24, 2.45) is 5.73 Å². The normalized spacial score (nSPS) is 16.4. The van der Waals surface area contributed by atoms with Crippen LogP contribution in [0, 0.1) is 0 Å². The van der Waals surface area contributed by atoms with Gasteiger partial charge in [0, 0.05) is 37.6 Å². The van der Waals surface area contributed by atoms with E-state index in [4.69, 9.17) is 5.73 Å². The molecule has 1 aliphatic rings. The summed E-state index contributed by atoms with van der Waals surface area (Å²) in [4.78, 5) is 23.6. The van der Waals surface area contributed by atoms with E-state index < -0.39 is 9.84 Å². The number of carbonyl (C=O) groups is 1. The number of sulfone groups is 1. The third kappa shape index (κ3) is 5.24. The average molecular weight is 389 g/mol. The summed E-state index contributed by atoms with van der Waals surface area (Å²) in [6.07, 6.45) is 3.50. The van der Waals surface area contributed by atoms with Crippen molar-refractivity contribution in [3.05, 3.63) is 42.2 Å². The van der Waals surface area contributed by atoms with E-state index in [0.29, 0.717) is 25.6 Å². The molecule has 0 bridgehead atoms. The summed E-state index contributed by atoms with van der Waals surface area (Å²) in [6.45, 7) is 1.65. The lowest BCUT2D eigenvalue weighted by Crippen LogP contribution is -2.41. The van der Waals surface area contributed by atoms with Gasteiger partial charge in [0.05, 0.1) is 18.1 Å². The lowest BCUT2D eigenvalue weighted by molar-refractivity contribution is -0.118. The molecule has 2 aromatic rings. The van der Waals surface area contributed by atoms with E-state index >= 15 is 0 Å². The fourth-order valence-corrected chi connectivity index (χ4v) is 4.23. The Kier molecular flexibility index (Phi) is 5.71. The van der Waals surface area contributed by atoms with Crippen molar-refractivity contribution < 1.29 is 13.2 Å². The van der Waals surface area contributed by atoms with Gasteiger partial charge < -0.3 is 10.6 Å². The van der Waals surface area contributed by atoms with Gasteiger partial charge in [0.15, 0.2) is 9.84 Å². The highest BCUT2D eigenvalue weighted by atomic mass is 32.2. The minimum absolute atomic E-state index is 0.138. The highest BCUT2D eigenvalue weighted by Crippen LogP contribution is 2.21. The number of nitrogens with zero attached hydrogens (tertiary/aromatic N) is 4.